The molecule has 0 aliphatic heterocycles. The summed E-state index contributed by atoms with van der Waals surface area (Å²) in [6.07, 6.45) is 65.2. The molecule has 0 aromatic carbocycles. The van der Waals surface area contributed by atoms with E-state index in [-0.39, 0.29) is 25.2 Å². The molecule has 0 aromatic rings. The lowest BCUT2D eigenvalue weighted by Gasteiger charge is -2.17. The summed E-state index contributed by atoms with van der Waals surface area (Å²) in [5.74, 6) is 0.633. The summed E-state index contributed by atoms with van der Waals surface area (Å²) < 4.78 is 11.4. The van der Waals surface area contributed by atoms with E-state index in [1.807, 2.05) is 0 Å². The van der Waals surface area contributed by atoms with E-state index in [2.05, 4.69) is 27.7 Å². The Morgan fingerprint density at radius 2 is 0.406 bits per heavy atom. The molecule has 0 fully saturated rings. The fraction of sp³-hybridized carbons (Fsp3) is 0.967. The van der Waals surface area contributed by atoms with Crippen LogP contribution in [0.2, 0.25) is 0 Å². The van der Waals surface area contributed by atoms with Gasteiger partial charge in [-0.15, -0.1) is 0 Å². The molecular weight excluding hydrogens is 785 g/mol. The molecule has 2 unspecified atom stereocenters. The average Bonchev–Trinajstić information content (AvgIpc) is 3.29. The maximum atomic E-state index is 13.1. The molecule has 0 bridgehead atoms. The highest BCUT2D eigenvalue weighted by Gasteiger charge is 2.17. The summed E-state index contributed by atoms with van der Waals surface area (Å²) in [6, 6.07) is 0. The Hall–Kier alpha value is -1.06. The van der Waals surface area contributed by atoms with E-state index in [0.717, 1.165) is 25.7 Å². The number of hydrogen-bond acceptors (Lipinski definition) is 4. The van der Waals surface area contributed by atoms with Gasteiger partial charge < -0.3 is 9.47 Å². The zero-order valence-corrected chi connectivity index (χ0v) is 44.6. The Morgan fingerprint density at radius 3 is 0.578 bits per heavy atom. The van der Waals surface area contributed by atoms with Gasteiger partial charge in [-0.1, -0.05) is 310 Å². The zero-order chi connectivity index (χ0) is 46.5. The molecule has 0 aliphatic rings. The van der Waals surface area contributed by atoms with Gasteiger partial charge in [-0.2, -0.15) is 0 Å². The van der Waals surface area contributed by atoms with Gasteiger partial charge in [0.05, 0.1) is 0 Å². The Morgan fingerprint density at radius 1 is 0.250 bits per heavy atom. The summed E-state index contributed by atoms with van der Waals surface area (Å²) in [4.78, 5) is 26.2. The van der Waals surface area contributed by atoms with Crippen LogP contribution < -0.4 is 0 Å². The molecule has 0 radical (unpaired) electrons. The van der Waals surface area contributed by atoms with Gasteiger partial charge in [0.15, 0.2) is 0 Å². The summed E-state index contributed by atoms with van der Waals surface area (Å²) in [7, 11) is 0. The third-order valence-corrected chi connectivity index (χ3v) is 14.4. The molecule has 0 rings (SSSR count). The minimum Gasteiger partial charge on any atom is -0.462 e. The van der Waals surface area contributed by atoms with E-state index in [4.69, 9.17) is 9.47 Å². The number of esters is 2. The lowest BCUT2D eigenvalue weighted by Crippen LogP contribution is -2.18. The van der Waals surface area contributed by atoms with Crippen LogP contribution in [0.15, 0.2) is 0 Å². The van der Waals surface area contributed by atoms with Crippen molar-refractivity contribution < 1.29 is 19.1 Å². The predicted molar refractivity (Wildman–Crippen MR) is 282 cm³/mol. The van der Waals surface area contributed by atoms with E-state index in [1.54, 1.807) is 0 Å². The summed E-state index contributed by atoms with van der Waals surface area (Å²) in [5.41, 5.74) is 0. The van der Waals surface area contributed by atoms with Crippen molar-refractivity contribution in [2.24, 2.45) is 11.8 Å². The molecule has 0 aromatic heterocycles. The maximum absolute atomic E-state index is 13.1. The molecule has 0 amide bonds. The normalized spacial score (nSPS) is 12.5. The minimum absolute atomic E-state index is 0.0992. The standard InChI is InChI=1S/C60H118O4/c1-5-9-13-17-21-25-29-31-35-39-43-47-51-57(49-45-41-37-33-27-23-19-15-11-7-3)55-59(61)63-53-54-64-60(62)56-58(50-46-42-38-34-28-24-20-16-12-8-4)52-48-44-40-36-32-30-26-22-18-14-10-6-2/h57-58H,5-56H2,1-4H3. The summed E-state index contributed by atoms with van der Waals surface area (Å²) >= 11 is 0. The molecule has 0 N–H and O–H groups in total. The van der Waals surface area contributed by atoms with Gasteiger partial charge in [0, 0.05) is 12.8 Å². The fourth-order valence-electron chi connectivity index (χ4n) is 9.99. The highest BCUT2D eigenvalue weighted by molar-refractivity contribution is 5.70. The lowest BCUT2D eigenvalue weighted by molar-refractivity contribution is -0.153. The van der Waals surface area contributed by atoms with Crippen molar-refractivity contribution >= 4 is 11.9 Å². The van der Waals surface area contributed by atoms with E-state index >= 15 is 0 Å². The third kappa shape index (κ3) is 50.4. The van der Waals surface area contributed by atoms with Crippen molar-refractivity contribution in [3.8, 4) is 0 Å². The van der Waals surface area contributed by atoms with Gasteiger partial charge in [-0.3, -0.25) is 9.59 Å². The summed E-state index contributed by atoms with van der Waals surface area (Å²) in [5, 5.41) is 0. The van der Waals surface area contributed by atoms with Crippen LogP contribution in [0.25, 0.3) is 0 Å². The smallest absolute Gasteiger partial charge is 0.306 e. The first-order valence-electron chi connectivity index (χ1n) is 29.9. The van der Waals surface area contributed by atoms with Gasteiger partial charge in [0.25, 0.3) is 0 Å². The van der Waals surface area contributed by atoms with Crippen LogP contribution in [0.1, 0.15) is 349 Å². The zero-order valence-electron chi connectivity index (χ0n) is 44.6. The summed E-state index contributed by atoms with van der Waals surface area (Å²) in [6.45, 7) is 9.55. The van der Waals surface area contributed by atoms with Crippen molar-refractivity contribution in [2.45, 2.75) is 349 Å². The molecule has 0 saturated heterocycles. The predicted octanol–water partition coefficient (Wildman–Crippen LogP) is 20.9. The van der Waals surface area contributed by atoms with Gasteiger partial charge >= 0.3 is 11.9 Å². The molecule has 2 atom stereocenters. The largest absolute Gasteiger partial charge is 0.462 e. The van der Waals surface area contributed by atoms with Gasteiger partial charge in [-0.25, -0.2) is 0 Å². The first kappa shape index (κ1) is 62.9. The lowest BCUT2D eigenvalue weighted by atomic mass is 9.91. The van der Waals surface area contributed by atoms with E-state index < -0.39 is 0 Å². The monoisotopic (exact) mass is 903 g/mol. The van der Waals surface area contributed by atoms with Crippen LogP contribution >= 0.6 is 0 Å². The number of hydrogen-bond donors (Lipinski definition) is 0. The van der Waals surface area contributed by atoms with Gasteiger partial charge in [0.1, 0.15) is 13.2 Å². The second-order valence-electron chi connectivity index (χ2n) is 20.9. The van der Waals surface area contributed by atoms with Crippen LogP contribution in [-0.4, -0.2) is 25.2 Å². The fourth-order valence-corrected chi connectivity index (χ4v) is 9.99. The SMILES string of the molecule is CCCCCCCCCCCCCCC(CCCCCCCCCCCC)CC(=O)OCCOC(=O)CC(CCCCCCCCCCCC)CCCCCCCCCCCCCC. The average molecular weight is 904 g/mol. The highest BCUT2D eigenvalue weighted by atomic mass is 16.6. The molecule has 0 saturated carbocycles. The number of unbranched alkanes of at least 4 members (excludes halogenated alkanes) is 40. The van der Waals surface area contributed by atoms with E-state index in [9.17, 15) is 9.59 Å². The van der Waals surface area contributed by atoms with Crippen LogP contribution in [-0.2, 0) is 19.1 Å². The van der Waals surface area contributed by atoms with E-state index in [0.29, 0.717) is 24.7 Å². The molecule has 64 heavy (non-hydrogen) atoms. The van der Waals surface area contributed by atoms with Crippen LogP contribution in [0.4, 0.5) is 0 Å². The minimum atomic E-state index is -0.0992. The second kappa shape index (κ2) is 54.5. The third-order valence-electron chi connectivity index (χ3n) is 14.4. The number of carbonyl (C=O) groups excluding carboxylic acids is 2. The van der Waals surface area contributed by atoms with Gasteiger partial charge in [0.2, 0.25) is 0 Å². The Labute approximate surface area is 403 Å². The van der Waals surface area contributed by atoms with Crippen molar-refractivity contribution in [2.75, 3.05) is 13.2 Å². The second-order valence-corrected chi connectivity index (χ2v) is 20.9. The molecule has 4 nitrogen and oxygen atoms in total. The Bertz CT molecular complexity index is 830. The number of rotatable bonds is 55. The molecule has 4 heteroatoms. The van der Waals surface area contributed by atoms with Crippen molar-refractivity contribution in [1.29, 1.82) is 0 Å². The maximum Gasteiger partial charge on any atom is 0.306 e. The van der Waals surface area contributed by atoms with Crippen molar-refractivity contribution in [1.82, 2.24) is 0 Å². The van der Waals surface area contributed by atoms with Crippen molar-refractivity contribution in [3.63, 3.8) is 0 Å². The number of carbonyl (C=O) groups is 2. The molecule has 0 heterocycles. The number of ether oxygens (including phenoxy) is 2. The first-order valence-corrected chi connectivity index (χ1v) is 29.9. The molecule has 382 valence electrons. The topological polar surface area (TPSA) is 52.6 Å². The molecular formula is C60H118O4. The Balaban J connectivity index is 4.66. The first-order chi connectivity index (χ1) is 31.6. The van der Waals surface area contributed by atoms with Crippen LogP contribution in [0.5, 0.6) is 0 Å². The Kier molecular flexibility index (Phi) is 53.6. The highest BCUT2D eigenvalue weighted by Crippen LogP contribution is 2.25. The van der Waals surface area contributed by atoms with Crippen LogP contribution in [0.3, 0.4) is 0 Å². The van der Waals surface area contributed by atoms with Gasteiger partial charge in [-0.05, 0) is 37.5 Å². The molecule has 0 spiro atoms. The van der Waals surface area contributed by atoms with Crippen LogP contribution in [0, 0.1) is 11.8 Å². The molecule has 0 aliphatic carbocycles. The van der Waals surface area contributed by atoms with E-state index in [1.165, 1.54) is 283 Å². The van der Waals surface area contributed by atoms with Crippen molar-refractivity contribution in [3.05, 3.63) is 0 Å². The quantitative estimate of drug-likeness (QED) is 0.0451.